The summed E-state index contributed by atoms with van der Waals surface area (Å²) in [6.45, 7) is 6.38. The van der Waals surface area contributed by atoms with Gasteiger partial charge in [-0.1, -0.05) is 60.7 Å². The lowest BCUT2D eigenvalue weighted by Crippen LogP contribution is -1.97. The highest BCUT2D eigenvalue weighted by atomic mass is 15.0. The van der Waals surface area contributed by atoms with Crippen LogP contribution in [0.2, 0.25) is 0 Å². The number of nitrogens with zero attached hydrogens (tertiary/aromatic N) is 4. The molecule has 41 heavy (non-hydrogen) atoms. The fourth-order valence-electron chi connectivity index (χ4n) is 6.05. The van der Waals surface area contributed by atoms with Crippen LogP contribution in [0.1, 0.15) is 25.0 Å². The van der Waals surface area contributed by atoms with Gasteiger partial charge in [0.05, 0.1) is 33.1 Å². The van der Waals surface area contributed by atoms with E-state index in [0.29, 0.717) is 0 Å². The number of para-hydroxylation sites is 2. The van der Waals surface area contributed by atoms with E-state index in [9.17, 15) is 0 Å². The molecular weight excluding hydrogens is 500 g/mol. The average Bonchev–Trinajstić information content (AvgIpc) is 3.53. The molecule has 0 amide bonds. The van der Waals surface area contributed by atoms with Crippen LogP contribution < -0.4 is 0 Å². The second kappa shape index (κ2) is 10.1. The topological polar surface area (TPSA) is 35.6 Å². The molecule has 3 aromatic carbocycles. The molecule has 7 rings (SSSR count). The van der Waals surface area contributed by atoms with Crippen molar-refractivity contribution in [3.05, 3.63) is 139 Å². The number of aromatic nitrogens is 4. The van der Waals surface area contributed by atoms with Crippen molar-refractivity contribution in [3.63, 3.8) is 0 Å². The van der Waals surface area contributed by atoms with E-state index in [1.807, 2.05) is 24.5 Å². The summed E-state index contributed by atoms with van der Waals surface area (Å²) in [5, 5.41) is 2.33. The summed E-state index contributed by atoms with van der Waals surface area (Å²) in [6.07, 6.45) is 12.5. The number of allylic oxidation sites excluding steroid dienone is 6. The number of hydrogen-bond donors (Lipinski definition) is 0. The highest BCUT2D eigenvalue weighted by molar-refractivity contribution is 6.08. The molecule has 0 radical (unpaired) electrons. The summed E-state index contributed by atoms with van der Waals surface area (Å²) < 4.78 is 4.61. The van der Waals surface area contributed by atoms with Crippen LogP contribution in [0, 0.1) is 6.92 Å². The zero-order valence-corrected chi connectivity index (χ0v) is 23.4. The summed E-state index contributed by atoms with van der Waals surface area (Å²) in [5.41, 5.74) is 12.4. The normalized spacial score (nSPS) is 13.0. The number of fused-ring (bicyclic) bond motifs is 6. The van der Waals surface area contributed by atoms with E-state index in [1.165, 1.54) is 22.1 Å². The number of benzene rings is 3. The van der Waals surface area contributed by atoms with Crippen LogP contribution in [0.15, 0.2) is 128 Å². The molecule has 0 unspecified atom stereocenters. The van der Waals surface area contributed by atoms with Crippen molar-refractivity contribution in [2.75, 3.05) is 0 Å². The minimum atomic E-state index is 1.02. The van der Waals surface area contributed by atoms with E-state index in [0.717, 1.165) is 49.9 Å². The van der Waals surface area contributed by atoms with Gasteiger partial charge in [0.2, 0.25) is 0 Å². The monoisotopic (exact) mass is 530 g/mol. The maximum atomic E-state index is 4.69. The first kappa shape index (κ1) is 24.8. The van der Waals surface area contributed by atoms with Gasteiger partial charge in [0.1, 0.15) is 0 Å². The molecule has 0 atom stereocenters. The van der Waals surface area contributed by atoms with Gasteiger partial charge < -0.3 is 9.13 Å². The van der Waals surface area contributed by atoms with Crippen LogP contribution in [0.25, 0.3) is 60.8 Å². The molecule has 0 aliphatic heterocycles. The molecule has 198 valence electrons. The number of pyridine rings is 2. The van der Waals surface area contributed by atoms with E-state index < -0.39 is 0 Å². The molecule has 4 heteroatoms. The molecule has 7 aromatic rings. The van der Waals surface area contributed by atoms with E-state index in [4.69, 9.17) is 9.97 Å². The smallest absolute Gasteiger partial charge is 0.0963 e. The van der Waals surface area contributed by atoms with Crippen molar-refractivity contribution in [2.45, 2.75) is 20.8 Å². The van der Waals surface area contributed by atoms with Crippen LogP contribution in [-0.4, -0.2) is 19.1 Å². The van der Waals surface area contributed by atoms with Crippen molar-refractivity contribution >= 4 is 55.1 Å². The van der Waals surface area contributed by atoms with Crippen molar-refractivity contribution in [3.8, 4) is 5.69 Å². The predicted molar refractivity (Wildman–Crippen MR) is 173 cm³/mol. The van der Waals surface area contributed by atoms with Gasteiger partial charge in [-0.15, -0.1) is 0 Å². The third-order valence-electron chi connectivity index (χ3n) is 7.93. The zero-order valence-electron chi connectivity index (χ0n) is 23.4. The lowest BCUT2D eigenvalue weighted by Gasteiger charge is -2.13. The lowest BCUT2D eigenvalue weighted by molar-refractivity contribution is 1.16. The second-order valence-electron chi connectivity index (χ2n) is 10.2. The molecule has 0 saturated heterocycles. The fourth-order valence-corrected chi connectivity index (χ4v) is 6.05. The quantitative estimate of drug-likeness (QED) is 0.208. The SMILES string of the molecule is C/C=C(/C=C\C(=C/C)n1c2ccccc2c2ncccc21)c1ccc(-n2c3ccccc3c3ncccc32)cc1C. The van der Waals surface area contributed by atoms with Crippen LogP contribution in [-0.2, 0) is 0 Å². The summed E-state index contributed by atoms with van der Waals surface area (Å²) in [5.74, 6) is 0. The number of aryl methyl sites for hydroxylation is 1. The average molecular weight is 531 g/mol. The third-order valence-corrected chi connectivity index (χ3v) is 7.93. The van der Waals surface area contributed by atoms with Crippen LogP contribution >= 0.6 is 0 Å². The largest absolute Gasteiger partial charge is 0.308 e. The minimum Gasteiger partial charge on any atom is -0.308 e. The van der Waals surface area contributed by atoms with E-state index >= 15 is 0 Å². The summed E-state index contributed by atoms with van der Waals surface area (Å²) in [4.78, 5) is 9.39. The first-order valence-electron chi connectivity index (χ1n) is 14.0. The van der Waals surface area contributed by atoms with Crippen LogP contribution in [0.3, 0.4) is 0 Å². The molecule has 4 nitrogen and oxygen atoms in total. The standard InChI is InChI=1S/C37H30N4/c1-4-26(18-19-27(5-2)40-32-14-8-6-12-30(32)36-34(40)16-10-22-38-36)29-21-20-28(24-25(29)3)41-33-15-9-7-13-31(33)37-35(41)17-11-23-39-37/h4-24H,1-3H3/b19-18-,26-4-,27-5+. The van der Waals surface area contributed by atoms with Gasteiger partial charge in [-0.2, -0.15) is 0 Å². The third kappa shape index (κ3) is 3.99. The summed E-state index contributed by atoms with van der Waals surface area (Å²) in [6, 6.07) is 32.0. The van der Waals surface area contributed by atoms with Crippen molar-refractivity contribution in [2.24, 2.45) is 0 Å². The van der Waals surface area contributed by atoms with E-state index in [2.05, 4.69) is 133 Å². The van der Waals surface area contributed by atoms with Gasteiger partial charge in [0, 0.05) is 34.6 Å². The van der Waals surface area contributed by atoms with Gasteiger partial charge in [-0.3, -0.25) is 9.97 Å². The Morgan fingerprint density at radius 1 is 0.634 bits per heavy atom. The molecule has 4 aromatic heterocycles. The Balaban J connectivity index is 1.29. The Morgan fingerprint density at radius 3 is 1.98 bits per heavy atom. The zero-order chi connectivity index (χ0) is 27.9. The van der Waals surface area contributed by atoms with Crippen molar-refractivity contribution in [1.29, 1.82) is 0 Å². The van der Waals surface area contributed by atoms with Gasteiger partial charge in [-0.05, 0) is 92.1 Å². The Morgan fingerprint density at radius 2 is 1.27 bits per heavy atom. The van der Waals surface area contributed by atoms with E-state index in [1.54, 1.807) is 0 Å². The van der Waals surface area contributed by atoms with Gasteiger partial charge >= 0.3 is 0 Å². The molecule has 0 saturated carbocycles. The first-order chi connectivity index (χ1) is 20.2. The summed E-state index contributed by atoms with van der Waals surface area (Å²) in [7, 11) is 0. The highest BCUT2D eigenvalue weighted by Crippen LogP contribution is 2.33. The first-order valence-corrected chi connectivity index (χ1v) is 14.0. The number of rotatable bonds is 5. The molecule has 0 aliphatic rings. The maximum absolute atomic E-state index is 4.69. The Hall–Kier alpha value is -5.22. The molecule has 0 aliphatic carbocycles. The van der Waals surface area contributed by atoms with Crippen LogP contribution in [0.5, 0.6) is 0 Å². The number of hydrogen-bond acceptors (Lipinski definition) is 2. The van der Waals surface area contributed by atoms with Crippen LogP contribution in [0.4, 0.5) is 0 Å². The molecule has 4 heterocycles. The molecule has 0 spiro atoms. The molecule has 0 fully saturated rings. The van der Waals surface area contributed by atoms with Gasteiger partial charge in [-0.25, -0.2) is 0 Å². The minimum absolute atomic E-state index is 1.02. The highest BCUT2D eigenvalue weighted by Gasteiger charge is 2.15. The Kier molecular flexibility index (Phi) is 6.09. The lowest BCUT2D eigenvalue weighted by atomic mass is 9.99. The van der Waals surface area contributed by atoms with Crippen molar-refractivity contribution < 1.29 is 0 Å². The molecular formula is C37H30N4. The van der Waals surface area contributed by atoms with Gasteiger partial charge in [0.15, 0.2) is 0 Å². The summed E-state index contributed by atoms with van der Waals surface area (Å²) >= 11 is 0. The maximum Gasteiger partial charge on any atom is 0.0963 e. The second-order valence-corrected chi connectivity index (χ2v) is 10.2. The molecule has 0 N–H and O–H groups in total. The fraction of sp³-hybridized carbons (Fsp3) is 0.0811. The predicted octanol–water partition coefficient (Wildman–Crippen LogP) is 9.51. The van der Waals surface area contributed by atoms with Crippen molar-refractivity contribution in [1.82, 2.24) is 19.1 Å². The molecule has 0 bridgehead atoms. The van der Waals surface area contributed by atoms with Gasteiger partial charge in [0.25, 0.3) is 0 Å². The van der Waals surface area contributed by atoms with E-state index in [-0.39, 0.29) is 0 Å². The Bertz CT molecular complexity index is 2080. The Labute approximate surface area is 239 Å².